The number of carbonyl (C=O) groups is 4. The normalized spacial score (nSPS) is 16.3. The lowest BCUT2D eigenvalue weighted by Crippen LogP contribution is -2.46. The molecule has 1 N–H and O–H groups in total. The zero-order chi connectivity index (χ0) is 22.7. The fourth-order valence-electron chi connectivity index (χ4n) is 4.35. The van der Waals surface area contributed by atoms with Crippen LogP contribution in [0, 0.1) is 6.92 Å². The lowest BCUT2D eigenvalue weighted by atomic mass is 10.0. The maximum Gasteiger partial charge on any atom is 0.261 e. The van der Waals surface area contributed by atoms with Crippen LogP contribution in [0.2, 0.25) is 0 Å². The molecule has 32 heavy (non-hydrogen) atoms. The van der Waals surface area contributed by atoms with Crippen LogP contribution in [0.4, 0.5) is 0 Å². The predicted molar refractivity (Wildman–Crippen MR) is 119 cm³/mol. The molecule has 0 atom stereocenters. The summed E-state index contributed by atoms with van der Waals surface area (Å²) in [5, 5.41) is 3.03. The summed E-state index contributed by atoms with van der Waals surface area (Å²) in [6, 6.07) is 14.4. The first-order chi connectivity index (χ1) is 15.5. The Bertz CT molecular complexity index is 1020. The van der Waals surface area contributed by atoms with Gasteiger partial charge in [0.25, 0.3) is 17.7 Å². The molecule has 2 aliphatic rings. The topological polar surface area (TPSA) is 86.8 Å². The van der Waals surface area contributed by atoms with Gasteiger partial charge in [-0.15, -0.1) is 0 Å². The molecule has 0 saturated carbocycles. The van der Waals surface area contributed by atoms with Gasteiger partial charge >= 0.3 is 0 Å². The van der Waals surface area contributed by atoms with E-state index < -0.39 is 0 Å². The van der Waals surface area contributed by atoms with E-state index in [2.05, 4.69) is 5.32 Å². The quantitative estimate of drug-likeness (QED) is 0.710. The number of rotatable bonds is 6. The number of hydrogen-bond acceptors (Lipinski definition) is 4. The maximum absolute atomic E-state index is 12.7. The molecule has 4 rings (SSSR count). The van der Waals surface area contributed by atoms with Crippen LogP contribution in [0.3, 0.4) is 0 Å². The number of aryl methyl sites for hydroxylation is 1. The monoisotopic (exact) mass is 433 g/mol. The van der Waals surface area contributed by atoms with Crippen LogP contribution < -0.4 is 5.32 Å². The molecule has 0 spiro atoms. The number of nitrogens with zero attached hydrogens (tertiary/aromatic N) is 2. The third kappa shape index (κ3) is 4.42. The highest BCUT2D eigenvalue weighted by atomic mass is 16.2. The van der Waals surface area contributed by atoms with Crippen LogP contribution in [0.5, 0.6) is 0 Å². The van der Waals surface area contributed by atoms with Gasteiger partial charge in [-0.1, -0.05) is 30.3 Å². The molecule has 0 aromatic heterocycles. The maximum atomic E-state index is 12.7. The van der Waals surface area contributed by atoms with Crippen molar-refractivity contribution in [3.05, 3.63) is 70.8 Å². The molecule has 0 unspecified atom stereocenters. The van der Waals surface area contributed by atoms with Crippen molar-refractivity contribution in [2.75, 3.05) is 19.6 Å². The third-order valence-electron chi connectivity index (χ3n) is 6.19. The van der Waals surface area contributed by atoms with E-state index in [1.54, 1.807) is 24.3 Å². The van der Waals surface area contributed by atoms with Crippen molar-refractivity contribution in [2.24, 2.45) is 0 Å². The standard InChI is InChI=1S/C25H27N3O4/c1-17-7-2-3-8-19(17)23(30)27-15-12-18(13-16-27)26-22(29)11-6-14-28-24(31)20-9-4-5-10-21(20)25(28)32/h2-5,7-10,18H,6,11-16H2,1H3,(H,26,29). The molecule has 2 heterocycles. The second-order valence-electron chi connectivity index (χ2n) is 8.36. The van der Waals surface area contributed by atoms with Crippen LogP contribution in [0.15, 0.2) is 48.5 Å². The van der Waals surface area contributed by atoms with Gasteiger partial charge in [0, 0.05) is 37.7 Å². The molecule has 7 heteroatoms. The molecule has 0 bridgehead atoms. The van der Waals surface area contributed by atoms with Crippen molar-refractivity contribution < 1.29 is 19.2 Å². The molecular weight excluding hydrogens is 406 g/mol. The zero-order valence-corrected chi connectivity index (χ0v) is 18.2. The minimum Gasteiger partial charge on any atom is -0.353 e. The Morgan fingerprint density at radius 2 is 1.53 bits per heavy atom. The highest BCUT2D eigenvalue weighted by Gasteiger charge is 2.34. The zero-order valence-electron chi connectivity index (χ0n) is 18.2. The molecule has 166 valence electrons. The number of piperidine rings is 1. The van der Waals surface area contributed by atoms with Crippen LogP contribution in [0.25, 0.3) is 0 Å². The van der Waals surface area contributed by atoms with Crippen LogP contribution in [-0.4, -0.2) is 59.1 Å². The minimum atomic E-state index is -0.295. The van der Waals surface area contributed by atoms with Crippen molar-refractivity contribution in [3.8, 4) is 0 Å². The lowest BCUT2D eigenvalue weighted by molar-refractivity contribution is -0.122. The van der Waals surface area contributed by atoms with Gasteiger partial charge in [-0.2, -0.15) is 0 Å². The first kappa shape index (κ1) is 21.7. The van der Waals surface area contributed by atoms with Gasteiger partial charge in [-0.05, 0) is 49.9 Å². The Balaban J connectivity index is 1.20. The van der Waals surface area contributed by atoms with E-state index in [0.29, 0.717) is 43.5 Å². The molecule has 2 aliphatic heterocycles. The van der Waals surface area contributed by atoms with Gasteiger partial charge in [0.05, 0.1) is 11.1 Å². The number of nitrogens with one attached hydrogen (secondary N) is 1. The second kappa shape index (κ2) is 9.34. The molecule has 1 saturated heterocycles. The van der Waals surface area contributed by atoms with E-state index in [-0.39, 0.29) is 42.6 Å². The number of amides is 4. The summed E-state index contributed by atoms with van der Waals surface area (Å²) in [6.45, 7) is 3.37. The Morgan fingerprint density at radius 3 is 2.16 bits per heavy atom. The van der Waals surface area contributed by atoms with Crippen LogP contribution in [-0.2, 0) is 4.79 Å². The summed E-state index contributed by atoms with van der Waals surface area (Å²) in [4.78, 5) is 52.9. The van der Waals surface area contributed by atoms with Gasteiger partial charge in [0.15, 0.2) is 0 Å². The van der Waals surface area contributed by atoms with Gasteiger partial charge in [0.1, 0.15) is 0 Å². The van der Waals surface area contributed by atoms with Crippen molar-refractivity contribution in [2.45, 2.75) is 38.6 Å². The van der Waals surface area contributed by atoms with E-state index in [9.17, 15) is 19.2 Å². The average Bonchev–Trinajstić information content (AvgIpc) is 3.04. The van der Waals surface area contributed by atoms with E-state index in [1.165, 1.54) is 4.90 Å². The van der Waals surface area contributed by atoms with Crippen LogP contribution in [0.1, 0.15) is 62.3 Å². The average molecular weight is 434 g/mol. The van der Waals surface area contributed by atoms with Crippen molar-refractivity contribution >= 4 is 23.6 Å². The summed E-state index contributed by atoms with van der Waals surface area (Å²) >= 11 is 0. The highest BCUT2D eigenvalue weighted by Crippen LogP contribution is 2.22. The molecule has 0 radical (unpaired) electrons. The van der Waals surface area contributed by atoms with Gasteiger partial charge in [-0.25, -0.2) is 0 Å². The number of carbonyl (C=O) groups excluding carboxylic acids is 4. The van der Waals surface area contributed by atoms with Gasteiger partial charge < -0.3 is 10.2 Å². The fourth-order valence-corrected chi connectivity index (χ4v) is 4.35. The summed E-state index contributed by atoms with van der Waals surface area (Å²) in [7, 11) is 0. The Kier molecular flexibility index (Phi) is 6.35. The third-order valence-corrected chi connectivity index (χ3v) is 6.19. The van der Waals surface area contributed by atoms with Gasteiger partial charge in [-0.3, -0.25) is 24.1 Å². The van der Waals surface area contributed by atoms with Gasteiger partial charge in [0.2, 0.25) is 5.91 Å². The Hall–Kier alpha value is -3.48. The SMILES string of the molecule is Cc1ccccc1C(=O)N1CCC(NC(=O)CCCN2C(=O)c3ccccc3C2=O)CC1. The molecular formula is C25H27N3O4. The molecule has 7 nitrogen and oxygen atoms in total. The molecule has 2 aromatic carbocycles. The smallest absolute Gasteiger partial charge is 0.261 e. The number of hydrogen-bond donors (Lipinski definition) is 1. The molecule has 1 fully saturated rings. The van der Waals surface area contributed by atoms with Crippen molar-refractivity contribution in [1.29, 1.82) is 0 Å². The summed E-state index contributed by atoms with van der Waals surface area (Å²) in [6.07, 6.45) is 2.08. The highest BCUT2D eigenvalue weighted by molar-refractivity contribution is 6.21. The second-order valence-corrected chi connectivity index (χ2v) is 8.36. The molecule has 2 aromatic rings. The number of fused-ring (bicyclic) bond motifs is 1. The first-order valence-corrected chi connectivity index (χ1v) is 11.0. The van der Waals surface area contributed by atoms with Crippen molar-refractivity contribution in [3.63, 3.8) is 0 Å². The van der Waals surface area contributed by atoms with Crippen molar-refractivity contribution in [1.82, 2.24) is 15.1 Å². The van der Waals surface area contributed by atoms with E-state index in [0.717, 1.165) is 11.1 Å². The predicted octanol–water partition coefficient (Wildman–Crippen LogP) is 2.79. The van der Waals surface area contributed by atoms with E-state index in [4.69, 9.17) is 0 Å². The summed E-state index contributed by atoms with van der Waals surface area (Å²) in [5.41, 5.74) is 2.54. The van der Waals surface area contributed by atoms with E-state index in [1.807, 2.05) is 36.1 Å². The minimum absolute atomic E-state index is 0.0303. The summed E-state index contributed by atoms with van der Waals surface area (Å²) < 4.78 is 0. The Labute approximate surface area is 187 Å². The molecule has 0 aliphatic carbocycles. The fraction of sp³-hybridized carbons (Fsp3) is 0.360. The number of likely N-dealkylation sites (tertiary alicyclic amines) is 1. The number of benzene rings is 2. The van der Waals surface area contributed by atoms with Crippen LogP contribution >= 0.6 is 0 Å². The lowest BCUT2D eigenvalue weighted by Gasteiger charge is -2.32. The molecule has 4 amide bonds. The summed E-state index contributed by atoms with van der Waals surface area (Å²) in [5.74, 6) is -0.646. The largest absolute Gasteiger partial charge is 0.353 e. The first-order valence-electron chi connectivity index (χ1n) is 11.0. The Morgan fingerprint density at radius 1 is 0.938 bits per heavy atom. The number of imide groups is 1. The van der Waals surface area contributed by atoms with E-state index >= 15 is 0 Å².